The molecule has 1 aromatic heterocycles. The summed E-state index contributed by atoms with van der Waals surface area (Å²) in [5.74, 6) is 1.58. The summed E-state index contributed by atoms with van der Waals surface area (Å²) >= 11 is 0. The second-order valence-corrected chi connectivity index (χ2v) is 5.06. The Hall–Kier alpha value is -0.870. The van der Waals surface area contributed by atoms with Crippen molar-refractivity contribution >= 4 is 0 Å². The van der Waals surface area contributed by atoms with E-state index < -0.39 is 0 Å². The molecule has 1 saturated heterocycles. The zero-order chi connectivity index (χ0) is 12.3. The van der Waals surface area contributed by atoms with Crippen LogP contribution in [0.4, 0.5) is 0 Å². The first-order chi connectivity index (χ1) is 8.20. The second-order valence-electron chi connectivity index (χ2n) is 5.06. The molecule has 1 unspecified atom stereocenters. The maximum absolute atomic E-state index is 9.01. The summed E-state index contributed by atoms with van der Waals surface area (Å²) in [6.07, 6.45) is 3.41. The van der Waals surface area contributed by atoms with Gasteiger partial charge >= 0.3 is 0 Å². The van der Waals surface area contributed by atoms with Gasteiger partial charge in [0.25, 0.3) is 0 Å². The molecule has 0 saturated carbocycles. The van der Waals surface area contributed by atoms with Gasteiger partial charge in [-0.15, -0.1) is 0 Å². The van der Waals surface area contributed by atoms with Crippen LogP contribution in [0.15, 0.2) is 4.52 Å². The highest BCUT2D eigenvalue weighted by Gasteiger charge is 2.21. The topological polar surface area (TPSA) is 49.5 Å². The number of hydrogen-bond donors (Lipinski definition) is 1. The fourth-order valence-corrected chi connectivity index (χ4v) is 2.66. The average molecular weight is 238 g/mol. The molecule has 0 radical (unpaired) electrons. The van der Waals surface area contributed by atoms with Crippen LogP contribution in [-0.2, 0) is 6.54 Å². The molecule has 2 rings (SSSR count). The van der Waals surface area contributed by atoms with E-state index in [0.717, 1.165) is 37.5 Å². The Morgan fingerprint density at radius 1 is 1.47 bits per heavy atom. The van der Waals surface area contributed by atoms with Crippen LogP contribution in [0.1, 0.15) is 36.3 Å². The summed E-state index contributed by atoms with van der Waals surface area (Å²) in [4.78, 5) is 2.45. The molecule has 4 nitrogen and oxygen atoms in total. The van der Waals surface area contributed by atoms with Crippen molar-refractivity contribution in [3.8, 4) is 0 Å². The molecule has 0 aromatic carbocycles. The highest BCUT2D eigenvalue weighted by Crippen LogP contribution is 2.22. The summed E-state index contributed by atoms with van der Waals surface area (Å²) in [6, 6.07) is 0. The second kappa shape index (κ2) is 5.65. The molecule has 0 aliphatic carbocycles. The van der Waals surface area contributed by atoms with E-state index >= 15 is 0 Å². The van der Waals surface area contributed by atoms with Gasteiger partial charge in [0, 0.05) is 25.3 Å². The molecule has 17 heavy (non-hydrogen) atoms. The van der Waals surface area contributed by atoms with Gasteiger partial charge in [-0.05, 0) is 45.6 Å². The third-order valence-electron chi connectivity index (χ3n) is 3.70. The molecule has 0 spiro atoms. The van der Waals surface area contributed by atoms with Gasteiger partial charge in [-0.2, -0.15) is 0 Å². The molecule has 1 fully saturated rings. The normalized spacial score (nSPS) is 21.9. The fourth-order valence-electron chi connectivity index (χ4n) is 2.66. The Morgan fingerprint density at radius 3 is 2.94 bits per heavy atom. The van der Waals surface area contributed by atoms with Crippen LogP contribution in [0.3, 0.4) is 0 Å². The van der Waals surface area contributed by atoms with Crippen molar-refractivity contribution in [1.29, 1.82) is 0 Å². The minimum Gasteiger partial charge on any atom is -0.396 e. The summed E-state index contributed by atoms with van der Waals surface area (Å²) in [5.41, 5.74) is 2.24. The van der Waals surface area contributed by atoms with E-state index in [1.165, 1.54) is 18.4 Å². The number of aromatic nitrogens is 1. The lowest BCUT2D eigenvalue weighted by molar-refractivity contribution is 0.142. The standard InChI is InChI=1S/C13H22N2O2/c1-10-13(11(2)17-14-10)9-15-6-3-4-12(8-15)5-7-16/h12,16H,3-9H2,1-2H3. The van der Waals surface area contributed by atoms with E-state index in [1.54, 1.807) is 0 Å². The molecule has 2 heterocycles. The van der Waals surface area contributed by atoms with Crippen molar-refractivity contribution in [3.05, 3.63) is 17.0 Å². The predicted octanol–water partition coefficient (Wildman–Crippen LogP) is 1.89. The lowest BCUT2D eigenvalue weighted by Crippen LogP contribution is -2.35. The first-order valence-electron chi connectivity index (χ1n) is 6.45. The lowest BCUT2D eigenvalue weighted by Gasteiger charge is -2.32. The van der Waals surface area contributed by atoms with Crippen molar-refractivity contribution in [2.24, 2.45) is 5.92 Å². The van der Waals surface area contributed by atoms with Crippen molar-refractivity contribution < 1.29 is 9.63 Å². The molecule has 1 aromatic rings. The minimum absolute atomic E-state index is 0.309. The summed E-state index contributed by atoms with van der Waals surface area (Å²) in [6.45, 7) is 7.45. The first kappa shape index (κ1) is 12.6. The van der Waals surface area contributed by atoms with Gasteiger partial charge in [0.1, 0.15) is 5.76 Å². The summed E-state index contributed by atoms with van der Waals surface area (Å²) in [7, 11) is 0. The van der Waals surface area contributed by atoms with Gasteiger partial charge in [0.15, 0.2) is 0 Å². The van der Waals surface area contributed by atoms with E-state index in [9.17, 15) is 0 Å². The fraction of sp³-hybridized carbons (Fsp3) is 0.769. The SMILES string of the molecule is Cc1noc(C)c1CN1CCCC(CCO)C1. The van der Waals surface area contributed by atoms with E-state index in [2.05, 4.69) is 10.1 Å². The number of rotatable bonds is 4. The van der Waals surface area contributed by atoms with Crippen LogP contribution in [-0.4, -0.2) is 34.9 Å². The Kier molecular flexibility index (Phi) is 4.18. The van der Waals surface area contributed by atoms with Gasteiger partial charge < -0.3 is 9.63 Å². The van der Waals surface area contributed by atoms with Crippen LogP contribution in [0.25, 0.3) is 0 Å². The Balaban J connectivity index is 1.94. The molecule has 4 heteroatoms. The molecule has 1 aliphatic rings. The number of likely N-dealkylation sites (tertiary alicyclic amines) is 1. The monoisotopic (exact) mass is 238 g/mol. The van der Waals surface area contributed by atoms with Gasteiger partial charge in [-0.1, -0.05) is 5.16 Å². The molecule has 1 aliphatic heterocycles. The van der Waals surface area contributed by atoms with Crippen LogP contribution in [0.5, 0.6) is 0 Å². The van der Waals surface area contributed by atoms with Crippen LogP contribution in [0.2, 0.25) is 0 Å². The molecule has 1 N–H and O–H groups in total. The lowest BCUT2D eigenvalue weighted by atomic mass is 9.95. The zero-order valence-electron chi connectivity index (χ0n) is 10.8. The predicted molar refractivity (Wildman–Crippen MR) is 65.7 cm³/mol. The Labute approximate surface area is 103 Å². The van der Waals surface area contributed by atoms with E-state index in [0.29, 0.717) is 12.5 Å². The van der Waals surface area contributed by atoms with Gasteiger partial charge in [0.2, 0.25) is 0 Å². The van der Waals surface area contributed by atoms with Crippen LogP contribution >= 0.6 is 0 Å². The third-order valence-corrected chi connectivity index (χ3v) is 3.70. The molecule has 0 amide bonds. The molecule has 1 atom stereocenters. The van der Waals surface area contributed by atoms with E-state index in [1.807, 2.05) is 13.8 Å². The highest BCUT2D eigenvalue weighted by atomic mass is 16.5. The molecular formula is C13H22N2O2. The van der Waals surface area contributed by atoms with Crippen LogP contribution < -0.4 is 0 Å². The highest BCUT2D eigenvalue weighted by molar-refractivity contribution is 5.20. The van der Waals surface area contributed by atoms with Crippen molar-refractivity contribution in [2.75, 3.05) is 19.7 Å². The number of nitrogens with zero attached hydrogens (tertiary/aromatic N) is 2. The number of aliphatic hydroxyl groups excluding tert-OH is 1. The van der Waals surface area contributed by atoms with Gasteiger partial charge in [-0.3, -0.25) is 4.90 Å². The Morgan fingerprint density at radius 2 is 2.29 bits per heavy atom. The number of aliphatic hydroxyl groups is 1. The maximum Gasteiger partial charge on any atom is 0.138 e. The summed E-state index contributed by atoms with van der Waals surface area (Å²) < 4.78 is 5.19. The van der Waals surface area contributed by atoms with E-state index in [4.69, 9.17) is 9.63 Å². The average Bonchev–Trinajstić information content (AvgIpc) is 2.62. The quantitative estimate of drug-likeness (QED) is 0.870. The molecule has 96 valence electrons. The largest absolute Gasteiger partial charge is 0.396 e. The number of hydrogen-bond acceptors (Lipinski definition) is 4. The van der Waals surface area contributed by atoms with Crippen LogP contribution in [0, 0.1) is 19.8 Å². The van der Waals surface area contributed by atoms with Gasteiger partial charge in [0.05, 0.1) is 5.69 Å². The third kappa shape index (κ3) is 3.07. The van der Waals surface area contributed by atoms with Gasteiger partial charge in [-0.25, -0.2) is 0 Å². The maximum atomic E-state index is 9.01. The smallest absolute Gasteiger partial charge is 0.138 e. The molecule has 0 bridgehead atoms. The Bertz CT molecular complexity index is 341. The zero-order valence-corrected chi connectivity index (χ0v) is 10.8. The first-order valence-corrected chi connectivity index (χ1v) is 6.45. The number of aryl methyl sites for hydroxylation is 2. The van der Waals surface area contributed by atoms with Crippen molar-refractivity contribution in [1.82, 2.24) is 10.1 Å². The van der Waals surface area contributed by atoms with Crippen molar-refractivity contribution in [3.63, 3.8) is 0 Å². The minimum atomic E-state index is 0.309. The summed E-state index contributed by atoms with van der Waals surface area (Å²) in [5, 5.41) is 13.0. The van der Waals surface area contributed by atoms with E-state index in [-0.39, 0.29) is 0 Å². The molecular weight excluding hydrogens is 216 g/mol. The van der Waals surface area contributed by atoms with Crippen molar-refractivity contribution in [2.45, 2.75) is 39.7 Å². The number of piperidine rings is 1.